The Bertz CT molecular complexity index is 162. The Labute approximate surface area is 64.8 Å². The lowest BCUT2D eigenvalue weighted by molar-refractivity contribution is -0.136. The zero-order chi connectivity index (χ0) is 8.85. The lowest BCUT2D eigenvalue weighted by Crippen LogP contribution is -2.03. The van der Waals surface area contributed by atoms with Gasteiger partial charge in [-0.3, -0.25) is 4.79 Å². The van der Waals surface area contributed by atoms with Gasteiger partial charge in [0.2, 0.25) is 0 Å². The fourth-order valence-electron chi connectivity index (χ4n) is 0.554. The van der Waals surface area contributed by atoms with Crippen molar-refractivity contribution in [3.05, 3.63) is 11.8 Å². The van der Waals surface area contributed by atoms with Gasteiger partial charge in [0, 0.05) is 0 Å². The standard InChI is InChI=1S/C7H12O4/c1-2-5(8)3-6(9)4-7(10)11/h3,5,8-9H,2,4H2,1H3,(H,10,11). The highest BCUT2D eigenvalue weighted by Crippen LogP contribution is 2.00. The molecule has 0 aliphatic carbocycles. The van der Waals surface area contributed by atoms with Crippen LogP contribution in [-0.2, 0) is 4.79 Å². The minimum absolute atomic E-state index is 0.299. The fraction of sp³-hybridized carbons (Fsp3) is 0.571. The van der Waals surface area contributed by atoms with E-state index >= 15 is 0 Å². The minimum Gasteiger partial charge on any atom is -0.512 e. The highest BCUT2D eigenvalue weighted by molar-refractivity contribution is 5.69. The van der Waals surface area contributed by atoms with Gasteiger partial charge >= 0.3 is 5.97 Å². The molecule has 3 N–H and O–H groups in total. The molecule has 4 heteroatoms. The summed E-state index contributed by atoms with van der Waals surface area (Å²) in [5, 5.41) is 25.9. The highest BCUT2D eigenvalue weighted by atomic mass is 16.4. The summed E-state index contributed by atoms with van der Waals surface area (Å²) in [6, 6.07) is 0. The van der Waals surface area contributed by atoms with Crippen LogP contribution in [0.5, 0.6) is 0 Å². The molecule has 1 atom stereocenters. The predicted molar refractivity (Wildman–Crippen MR) is 39.3 cm³/mol. The summed E-state index contributed by atoms with van der Waals surface area (Å²) in [5.41, 5.74) is 0. The molecule has 0 aromatic rings. The third-order valence-corrected chi connectivity index (χ3v) is 1.14. The first-order chi connectivity index (χ1) is 5.06. The van der Waals surface area contributed by atoms with Gasteiger partial charge in [-0.15, -0.1) is 0 Å². The molecule has 0 aliphatic rings. The molecule has 0 aliphatic heterocycles. The Morgan fingerprint density at radius 2 is 2.09 bits per heavy atom. The summed E-state index contributed by atoms with van der Waals surface area (Å²) in [5.74, 6) is -1.41. The monoisotopic (exact) mass is 160 g/mol. The molecule has 0 aromatic heterocycles. The number of hydrogen-bond acceptors (Lipinski definition) is 3. The normalized spacial score (nSPS) is 14.5. The first-order valence-electron chi connectivity index (χ1n) is 3.35. The van der Waals surface area contributed by atoms with Crippen molar-refractivity contribution in [2.75, 3.05) is 0 Å². The molecule has 0 bridgehead atoms. The zero-order valence-electron chi connectivity index (χ0n) is 6.32. The van der Waals surface area contributed by atoms with Gasteiger partial charge in [0.1, 0.15) is 12.2 Å². The maximum atomic E-state index is 10.00. The number of aliphatic carboxylic acids is 1. The Morgan fingerprint density at radius 3 is 2.45 bits per heavy atom. The molecule has 0 rings (SSSR count). The van der Waals surface area contributed by atoms with Crippen molar-refractivity contribution in [1.82, 2.24) is 0 Å². The van der Waals surface area contributed by atoms with Crippen LogP contribution in [0.1, 0.15) is 19.8 Å². The van der Waals surface area contributed by atoms with Gasteiger partial charge in [0.05, 0.1) is 6.10 Å². The number of aliphatic hydroxyl groups excluding tert-OH is 2. The van der Waals surface area contributed by atoms with Crippen LogP contribution < -0.4 is 0 Å². The Balaban J connectivity index is 3.89. The smallest absolute Gasteiger partial charge is 0.311 e. The third kappa shape index (κ3) is 5.42. The van der Waals surface area contributed by atoms with Crippen LogP contribution in [0.15, 0.2) is 11.8 Å². The molecule has 1 unspecified atom stereocenters. The van der Waals surface area contributed by atoms with Gasteiger partial charge in [-0.1, -0.05) is 6.92 Å². The van der Waals surface area contributed by atoms with E-state index in [1.165, 1.54) is 0 Å². The largest absolute Gasteiger partial charge is 0.512 e. The number of carbonyl (C=O) groups is 1. The Hall–Kier alpha value is -1.03. The van der Waals surface area contributed by atoms with Crippen molar-refractivity contribution in [1.29, 1.82) is 0 Å². The van der Waals surface area contributed by atoms with E-state index in [2.05, 4.69) is 0 Å². The van der Waals surface area contributed by atoms with Crippen molar-refractivity contribution in [2.24, 2.45) is 0 Å². The van der Waals surface area contributed by atoms with Gasteiger partial charge in [-0.2, -0.15) is 0 Å². The molecular weight excluding hydrogens is 148 g/mol. The van der Waals surface area contributed by atoms with Crippen LogP contribution in [0.4, 0.5) is 0 Å². The maximum Gasteiger partial charge on any atom is 0.311 e. The van der Waals surface area contributed by atoms with Gasteiger partial charge in [-0.25, -0.2) is 0 Å². The highest BCUT2D eigenvalue weighted by Gasteiger charge is 2.03. The van der Waals surface area contributed by atoms with Crippen molar-refractivity contribution < 1.29 is 20.1 Å². The van der Waals surface area contributed by atoms with Crippen LogP contribution in [0.3, 0.4) is 0 Å². The zero-order valence-corrected chi connectivity index (χ0v) is 6.32. The average molecular weight is 160 g/mol. The maximum absolute atomic E-state index is 10.00. The van der Waals surface area contributed by atoms with E-state index in [4.69, 9.17) is 15.3 Å². The van der Waals surface area contributed by atoms with E-state index in [0.717, 1.165) is 6.08 Å². The number of aliphatic hydroxyl groups is 2. The molecule has 0 radical (unpaired) electrons. The summed E-state index contributed by atoms with van der Waals surface area (Å²) in [6.07, 6.45) is 0.406. The predicted octanol–water partition coefficient (Wildman–Crippen LogP) is 0.674. The van der Waals surface area contributed by atoms with E-state index in [1.807, 2.05) is 0 Å². The first-order valence-corrected chi connectivity index (χ1v) is 3.35. The van der Waals surface area contributed by atoms with Crippen LogP contribution in [0.25, 0.3) is 0 Å². The summed E-state index contributed by atoms with van der Waals surface area (Å²) in [4.78, 5) is 10.00. The van der Waals surface area contributed by atoms with Crippen LogP contribution in [-0.4, -0.2) is 27.4 Å². The Kier molecular flexibility index (Phi) is 4.29. The van der Waals surface area contributed by atoms with Gasteiger partial charge < -0.3 is 15.3 Å². The van der Waals surface area contributed by atoms with E-state index in [0.29, 0.717) is 6.42 Å². The fourth-order valence-corrected chi connectivity index (χ4v) is 0.554. The number of carboxylic acid groups (broad SMARTS) is 1. The van der Waals surface area contributed by atoms with Gasteiger partial charge in [-0.05, 0) is 12.5 Å². The minimum atomic E-state index is -1.11. The number of rotatable bonds is 4. The number of hydrogen-bond donors (Lipinski definition) is 3. The van der Waals surface area contributed by atoms with Gasteiger partial charge in [0.15, 0.2) is 0 Å². The SMILES string of the molecule is CCC(O)C=C(O)CC(=O)O. The quantitative estimate of drug-likeness (QED) is 0.528. The lowest BCUT2D eigenvalue weighted by Gasteiger charge is -2.00. The molecule has 4 nitrogen and oxygen atoms in total. The van der Waals surface area contributed by atoms with E-state index in [1.54, 1.807) is 6.92 Å². The second-order valence-electron chi connectivity index (χ2n) is 2.20. The van der Waals surface area contributed by atoms with Crippen molar-refractivity contribution in [2.45, 2.75) is 25.9 Å². The van der Waals surface area contributed by atoms with E-state index in [-0.39, 0.29) is 5.76 Å². The van der Waals surface area contributed by atoms with Crippen LogP contribution >= 0.6 is 0 Å². The summed E-state index contributed by atoms with van der Waals surface area (Å²) >= 11 is 0. The van der Waals surface area contributed by atoms with Gasteiger partial charge in [0.25, 0.3) is 0 Å². The molecular formula is C7H12O4. The van der Waals surface area contributed by atoms with Crippen LogP contribution in [0, 0.1) is 0 Å². The molecule has 0 fully saturated rings. The second-order valence-corrected chi connectivity index (χ2v) is 2.20. The summed E-state index contributed by atoms with van der Waals surface area (Å²) in [6.45, 7) is 1.73. The molecule has 0 heterocycles. The lowest BCUT2D eigenvalue weighted by atomic mass is 10.2. The van der Waals surface area contributed by atoms with Crippen molar-refractivity contribution in [3.63, 3.8) is 0 Å². The topological polar surface area (TPSA) is 77.8 Å². The molecule has 0 aromatic carbocycles. The summed E-state index contributed by atoms with van der Waals surface area (Å²) in [7, 11) is 0. The summed E-state index contributed by atoms with van der Waals surface area (Å²) < 4.78 is 0. The first kappa shape index (κ1) is 9.97. The molecule has 0 saturated heterocycles. The molecule has 0 saturated carbocycles. The molecule has 64 valence electrons. The Morgan fingerprint density at radius 1 is 1.55 bits per heavy atom. The average Bonchev–Trinajstić information content (AvgIpc) is 1.85. The van der Waals surface area contributed by atoms with E-state index in [9.17, 15) is 4.79 Å². The van der Waals surface area contributed by atoms with E-state index < -0.39 is 18.5 Å². The van der Waals surface area contributed by atoms with Crippen molar-refractivity contribution >= 4 is 5.97 Å². The number of carboxylic acids is 1. The van der Waals surface area contributed by atoms with Crippen LogP contribution in [0.2, 0.25) is 0 Å². The molecule has 11 heavy (non-hydrogen) atoms. The van der Waals surface area contributed by atoms with Crippen molar-refractivity contribution in [3.8, 4) is 0 Å². The molecule has 0 spiro atoms. The third-order valence-electron chi connectivity index (χ3n) is 1.14. The second kappa shape index (κ2) is 4.73. The molecule has 0 amide bonds.